The number of nitrogens with one attached hydrogen (secondary N) is 2. The third-order valence-corrected chi connectivity index (χ3v) is 3.53. The number of aromatic nitrogens is 1. The molecule has 1 amide bonds. The van der Waals surface area contributed by atoms with Crippen LogP contribution in [0.15, 0.2) is 22.6 Å². The molecule has 0 unspecified atom stereocenters. The largest absolute Gasteiger partial charge is 0.448 e. The molecule has 1 saturated heterocycles. The fraction of sp³-hybridized carbons (Fsp3) is 0.467. The number of benzene rings is 1. The van der Waals surface area contributed by atoms with Crippen LogP contribution in [0.3, 0.4) is 0 Å². The fourth-order valence-electron chi connectivity index (χ4n) is 2.42. The number of aryl methyl sites for hydroxylation is 1. The van der Waals surface area contributed by atoms with Crippen molar-refractivity contribution in [2.24, 2.45) is 0 Å². The van der Waals surface area contributed by atoms with Crippen molar-refractivity contribution < 1.29 is 13.9 Å². The van der Waals surface area contributed by atoms with E-state index in [1.807, 2.05) is 25.1 Å². The summed E-state index contributed by atoms with van der Waals surface area (Å²) in [5.74, 6) is 0.650. The lowest BCUT2D eigenvalue weighted by atomic mass is 10.3. The zero-order valence-electron chi connectivity index (χ0n) is 12.6. The van der Waals surface area contributed by atoms with Crippen LogP contribution >= 0.6 is 0 Å². The Balaban J connectivity index is 1.44. The molecule has 1 aliphatic rings. The third kappa shape index (κ3) is 3.48. The lowest BCUT2D eigenvalue weighted by molar-refractivity contribution is 0.101. The maximum atomic E-state index is 11.8. The standard InChI is InChI=1S/C15H20N4O3/c1-11-18-13-10-12(2-3-14(13)22-11)17-6-9-21-15(20)19-7-4-16-5-8-19/h2-3,10,16-17H,4-9H2,1H3. The van der Waals surface area contributed by atoms with Gasteiger partial charge in [-0.25, -0.2) is 9.78 Å². The summed E-state index contributed by atoms with van der Waals surface area (Å²) in [4.78, 5) is 17.8. The summed E-state index contributed by atoms with van der Waals surface area (Å²) in [7, 11) is 0. The Labute approximate surface area is 128 Å². The molecule has 2 aromatic rings. The molecule has 1 aromatic heterocycles. The minimum atomic E-state index is -0.245. The van der Waals surface area contributed by atoms with Crippen molar-refractivity contribution in [1.29, 1.82) is 0 Å². The highest BCUT2D eigenvalue weighted by Crippen LogP contribution is 2.19. The van der Waals surface area contributed by atoms with Crippen molar-refractivity contribution in [3.63, 3.8) is 0 Å². The van der Waals surface area contributed by atoms with Crippen molar-refractivity contribution in [2.75, 3.05) is 44.6 Å². The van der Waals surface area contributed by atoms with Gasteiger partial charge < -0.3 is 24.7 Å². The van der Waals surface area contributed by atoms with Crippen LogP contribution < -0.4 is 10.6 Å². The number of rotatable bonds is 4. The van der Waals surface area contributed by atoms with Gasteiger partial charge in [0.15, 0.2) is 11.5 Å². The van der Waals surface area contributed by atoms with Crippen molar-refractivity contribution in [3.8, 4) is 0 Å². The Morgan fingerprint density at radius 2 is 2.27 bits per heavy atom. The second kappa shape index (κ2) is 6.65. The van der Waals surface area contributed by atoms with E-state index in [1.54, 1.807) is 4.90 Å². The smallest absolute Gasteiger partial charge is 0.409 e. The van der Waals surface area contributed by atoms with Crippen molar-refractivity contribution in [1.82, 2.24) is 15.2 Å². The van der Waals surface area contributed by atoms with E-state index in [0.717, 1.165) is 29.9 Å². The SMILES string of the molecule is Cc1nc2cc(NCCOC(=O)N3CCNCC3)ccc2o1. The summed E-state index contributed by atoms with van der Waals surface area (Å²) in [6.45, 7) is 5.76. The van der Waals surface area contributed by atoms with Gasteiger partial charge in [-0.15, -0.1) is 0 Å². The molecular weight excluding hydrogens is 284 g/mol. The number of oxazole rings is 1. The number of fused-ring (bicyclic) bond motifs is 1. The molecule has 118 valence electrons. The van der Waals surface area contributed by atoms with Gasteiger partial charge >= 0.3 is 6.09 Å². The Bertz CT molecular complexity index is 649. The van der Waals surface area contributed by atoms with Gasteiger partial charge in [-0.05, 0) is 18.2 Å². The quantitative estimate of drug-likeness (QED) is 0.835. The number of nitrogens with zero attached hydrogens (tertiary/aromatic N) is 2. The molecule has 1 aromatic carbocycles. The van der Waals surface area contributed by atoms with E-state index in [4.69, 9.17) is 9.15 Å². The summed E-state index contributed by atoms with van der Waals surface area (Å²) >= 11 is 0. The van der Waals surface area contributed by atoms with Gasteiger partial charge in [-0.3, -0.25) is 0 Å². The van der Waals surface area contributed by atoms with Gasteiger partial charge in [0, 0.05) is 45.3 Å². The molecule has 0 saturated carbocycles. The minimum absolute atomic E-state index is 0.245. The normalized spacial score (nSPS) is 15.0. The number of amides is 1. The molecule has 1 fully saturated rings. The Kier molecular flexibility index (Phi) is 4.43. The van der Waals surface area contributed by atoms with E-state index in [9.17, 15) is 4.79 Å². The van der Waals surface area contributed by atoms with E-state index in [-0.39, 0.29) is 6.09 Å². The molecule has 7 heteroatoms. The molecule has 1 aliphatic heterocycles. The second-order valence-corrected chi connectivity index (χ2v) is 5.19. The molecule has 0 radical (unpaired) electrons. The van der Waals surface area contributed by atoms with Gasteiger partial charge in [-0.2, -0.15) is 0 Å². The molecule has 0 aliphatic carbocycles. The summed E-state index contributed by atoms with van der Waals surface area (Å²) in [5.41, 5.74) is 2.52. The molecule has 0 bridgehead atoms. The topological polar surface area (TPSA) is 79.6 Å². The number of hydrogen-bond donors (Lipinski definition) is 2. The van der Waals surface area contributed by atoms with E-state index in [2.05, 4.69) is 15.6 Å². The molecule has 3 rings (SSSR count). The number of piperazine rings is 1. The molecule has 2 heterocycles. The monoisotopic (exact) mass is 304 g/mol. The lowest BCUT2D eigenvalue weighted by Crippen LogP contribution is -2.46. The van der Waals surface area contributed by atoms with E-state index in [1.165, 1.54) is 0 Å². The van der Waals surface area contributed by atoms with Crippen LogP contribution in [0.4, 0.5) is 10.5 Å². The summed E-state index contributed by atoms with van der Waals surface area (Å²) in [5, 5.41) is 6.41. The van der Waals surface area contributed by atoms with Gasteiger partial charge in [0.25, 0.3) is 0 Å². The molecule has 2 N–H and O–H groups in total. The first-order chi connectivity index (χ1) is 10.7. The van der Waals surface area contributed by atoms with Gasteiger partial charge in [-0.1, -0.05) is 0 Å². The Morgan fingerprint density at radius 3 is 3.09 bits per heavy atom. The highest BCUT2D eigenvalue weighted by atomic mass is 16.6. The lowest BCUT2D eigenvalue weighted by Gasteiger charge is -2.26. The summed E-state index contributed by atoms with van der Waals surface area (Å²) in [6, 6.07) is 5.72. The van der Waals surface area contributed by atoms with Crippen LogP contribution in [0, 0.1) is 6.92 Å². The fourth-order valence-corrected chi connectivity index (χ4v) is 2.42. The molecular formula is C15H20N4O3. The second-order valence-electron chi connectivity index (χ2n) is 5.19. The van der Waals surface area contributed by atoms with Crippen LogP contribution in [0.2, 0.25) is 0 Å². The predicted octanol–water partition coefficient (Wildman–Crippen LogP) is 1.59. The first kappa shape index (κ1) is 14.6. The molecule has 0 spiro atoms. The summed E-state index contributed by atoms with van der Waals surface area (Å²) < 4.78 is 10.7. The van der Waals surface area contributed by atoms with Crippen LogP contribution in [0.1, 0.15) is 5.89 Å². The molecule has 22 heavy (non-hydrogen) atoms. The predicted molar refractivity (Wildman–Crippen MR) is 83.0 cm³/mol. The van der Waals surface area contributed by atoms with Crippen molar-refractivity contribution >= 4 is 22.9 Å². The molecule has 7 nitrogen and oxygen atoms in total. The maximum Gasteiger partial charge on any atom is 0.409 e. The number of ether oxygens (including phenoxy) is 1. The van der Waals surface area contributed by atoms with Crippen molar-refractivity contribution in [2.45, 2.75) is 6.92 Å². The van der Waals surface area contributed by atoms with E-state index in [0.29, 0.717) is 32.1 Å². The highest BCUT2D eigenvalue weighted by Gasteiger charge is 2.16. The van der Waals surface area contributed by atoms with E-state index >= 15 is 0 Å². The average molecular weight is 304 g/mol. The number of anilines is 1. The number of carbonyl (C=O) groups excluding carboxylic acids is 1. The highest BCUT2D eigenvalue weighted by molar-refractivity contribution is 5.77. The maximum absolute atomic E-state index is 11.8. The van der Waals surface area contributed by atoms with Gasteiger partial charge in [0.1, 0.15) is 12.1 Å². The molecule has 0 atom stereocenters. The first-order valence-electron chi connectivity index (χ1n) is 7.46. The number of hydrogen-bond acceptors (Lipinski definition) is 6. The van der Waals surface area contributed by atoms with Crippen LogP contribution in [0.5, 0.6) is 0 Å². The zero-order chi connectivity index (χ0) is 15.4. The van der Waals surface area contributed by atoms with Crippen LogP contribution in [0.25, 0.3) is 11.1 Å². The van der Waals surface area contributed by atoms with Crippen LogP contribution in [-0.2, 0) is 4.74 Å². The summed E-state index contributed by atoms with van der Waals surface area (Å²) in [6.07, 6.45) is -0.245. The van der Waals surface area contributed by atoms with Gasteiger partial charge in [0.05, 0.1) is 0 Å². The van der Waals surface area contributed by atoms with E-state index < -0.39 is 0 Å². The van der Waals surface area contributed by atoms with Crippen LogP contribution in [-0.4, -0.2) is 55.3 Å². The average Bonchev–Trinajstić information content (AvgIpc) is 2.91. The third-order valence-electron chi connectivity index (χ3n) is 3.53. The Hall–Kier alpha value is -2.28. The zero-order valence-corrected chi connectivity index (χ0v) is 12.6. The first-order valence-corrected chi connectivity index (χ1v) is 7.46. The number of carbonyl (C=O) groups is 1. The minimum Gasteiger partial charge on any atom is -0.448 e. The van der Waals surface area contributed by atoms with Crippen molar-refractivity contribution in [3.05, 3.63) is 24.1 Å². The Morgan fingerprint density at radius 1 is 1.45 bits per heavy atom. The van der Waals surface area contributed by atoms with Gasteiger partial charge in [0.2, 0.25) is 0 Å².